The molecule has 1 amide bonds. The summed E-state index contributed by atoms with van der Waals surface area (Å²) in [5.41, 5.74) is 3.66. The van der Waals surface area contributed by atoms with Crippen LogP contribution in [-0.2, 0) is 13.6 Å². The van der Waals surface area contributed by atoms with Crippen molar-refractivity contribution in [1.29, 1.82) is 0 Å². The number of halogens is 1. The maximum atomic E-state index is 12.1. The fourth-order valence-corrected chi connectivity index (χ4v) is 3.10. The van der Waals surface area contributed by atoms with Crippen LogP contribution in [-0.4, -0.2) is 53.0 Å². The molecule has 0 atom stereocenters. The molecule has 2 N–H and O–H groups in total. The highest BCUT2D eigenvalue weighted by Gasteiger charge is 2.11. The number of aliphatic imine (C=N–C) groups is 1. The summed E-state index contributed by atoms with van der Waals surface area (Å²) >= 11 is 1.36. The molecule has 2 aromatic rings. The molecule has 2 aromatic heterocycles. The highest BCUT2D eigenvalue weighted by Crippen LogP contribution is 2.11. The minimum Gasteiger partial charge on any atom is -0.357 e. The van der Waals surface area contributed by atoms with E-state index in [0.717, 1.165) is 24.7 Å². The third-order valence-corrected chi connectivity index (χ3v) is 4.68. The smallest absolute Gasteiger partial charge is 0.263 e. The Balaban J connectivity index is 0.00000338. The summed E-state index contributed by atoms with van der Waals surface area (Å²) < 4.78 is 2.09. The first-order valence-corrected chi connectivity index (χ1v) is 9.18. The SMILES string of the molecule is CCNC(=NCCNC(=O)c1scnc1C)N(C)Cc1cccn1C.I. The zero-order chi connectivity index (χ0) is 18.2. The van der Waals surface area contributed by atoms with Crippen LogP contribution in [0.15, 0.2) is 28.8 Å². The fraction of sp³-hybridized carbons (Fsp3) is 0.471. The molecule has 144 valence electrons. The maximum absolute atomic E-state index is 12.1. The van der Waals surface area contributed by atoms with E-state index in [1.807, 2.05) is 40.2 Å². The first-order chi connectivity index (χ1) is 12.0. The monoisotopic (exact) mass is 490 g/mol. The molecule has 0 aliphatic rings. The minimum atomic E-state index is -0.0858. The lowest BCUT2D eigenvalue weighted by molar-refractivity contribution is 0.0958. The van der Waals surface area contributed by atoms with E-state index in [4.69, 9.17) is 0 Å². The molecule has 0 spiro atoms. The highest BCUT2D eigenvalue weighted by molar-refractivity contribution is 14.0. The van der Waals surface area contributed by atoms with Crippen molar-refractivity contribution in [3.8, 4) is 0 Å². The molecule has 0 aliphatic heterocycles. The van der Waals surface area contributed by atoms with E-state index in [0.29, 0.717) is 18.0 Å². The standard InChI is InChI=1S/C17H26N6OS.HI/c1-5-18-17(23(4)11-14-7-6-10-22(14)3)20-9-8-19-16(24)15-13(2)21-12-25-15;/h6-7,10,12H,5,8-9,11H2,1-4H3,(H,18,20)(H,19,24);1H. The van der Waals surface area contributed by atoms with Crippen LogP contribution < -0.4 is 10.6 Å². The van der Waals surface area contributed by atoms with Crippen LogP contribution in [0.4, 0.5) is 0 Å². The maximum Gasteiger partial charge on any atom is 0.263 e. The van der Waals surface area contributed by atoms with Crippen molar-refractivity contribution in [2.75, 3.05) is 26.7 Å². The van der Waals surface area contributed by atoms with Gasteiger partial charge in [0.25, 0.3) is 5.91 Å². The van der Waals surface area contributed by atoms with E-state index in [9.17, 15) is 4.79 Å². The molecule has 0 bridgehead atoms. The van der Waals surface area contributed by atoms with Gasteiger partial charge in [0.05, 0.1) is 24.3 Å². The Labute approximate surface area is 175 Å². The third kappa shape index (κ3) is 6.27. The zero-order valence-corrected chi connectivity index (χ0v) is 18.8. The molecule has 9 heteroatoms. The number of nitrogens with zero attached hydrogens (tertiary/aromatic N) is 4. The van der Waals surface area contributed by atoms with Crippen LogP contribution in [0.1, 0.15) is 28.0 Å². The minimum absolute atomic E-state index is 0. The summed E-state index contributed by atoms with van der Waals surface area (Å²) in [5, 5.41) is 6.18. The van der Waals surface area contributed by atoms with Crippen molar-refractivity contribution in [3.63, 3.8) is 0 Å². The van der Waals surface area contributed by atoms with Crippen LogP contribution in [0.2, 0.25) is 0 Å². The number of amides is 1. The second-order valence-corrected chi connectivity index (χ2v) is 6.58. The Hall–Kier alpha value is -1.62. The number of aromatic nitrogens is 2. The van der Waals surface area contributed by atoms with E-state index in [1.165, 1.54) is 17.0 Å². The molecule has 26 heavy (non-hydrogen) atoms. The van der Waals surface area contributed by atoms with E-state index in [-0.39, 0.29) is 29.9 Å². The van der Waals surface area contributed by atoms with Crippen LogP contribution in [0.5, 0.6) is 0 Å². The van der Waals surface area contributed by atoms with E-state index >= 15 is 0 Å². The van der Waals surface area contributed by atoms with Crippen LogP contribution in [0, 0.1) is 6.92 Å². The molecule has 0 unspecified atom stereocenters. The van der Waals surface area contributed by atoms with Crippen molar-refractivity contribution in [2.45, 2.75) is 20.4 Å². The largest absolute Gasteiger partial charge is 0.357 e. The average Bonchev–Trinajstić information content (AvgIpc) is 3.19. The highest BCUT2D eigenvalue weighted by atomic mass is 127. The molecule has 0 aliphatic carbocycles. The van der Waals surface area contributed by atoms with Gasteiger partial charge in [-0.3, -0.25) is 9.79 Å². The number of guanidine groups is 1. The number of aryl methyl sites for hydroxylation is 2. The molecule has 0 radical (unpaired) electrons. The zero-order valence-electron chi connectivity index (χ0n) is 15.7. The van der Waals surface area contributed by atoms with Crippen LogP contribution in [0.3, 0.4) is 0 Å². The Morgan fingerprint density at radius 3 is 2.77 bits per heavy atom. The second-order valence-electron chi connectivity index (χ2n) is 5.72. The quantitative estimate of drug-likeness (QED) is 0.270. The van der Waals surface area contributed by atoms with Gasteiger partial charge >= 0.3 is 0 Å². The number of rotatable bonds is 7. The van der Waals surface area contributed by atoms with Crippen molar-refractivity contribution >= 4 is 47.2 Å². The van der Waals surface area contributed by atoms with Gasteiger partial charge in [0, 0.05) is 39.1 Å². The molecular formula is C17H27IN6OS. The predicted octanol–water partition coefficient (Wildman–Crippen LogP) is 2.24. The molecule has 0 aromatic carbocycles. The van der Waals surface area contributed by atoms with Gasteiger partial charge in [0.15, 0.2) is 5.96 Å². The molecule has 7 nitrogen and oxygen atoms in total. The van der Waals surface area contributed by atoms with E-state index in [2.05, 4.69) is 36.1 Å². The normalized spacial score (nSPS) is 11.0. The first kappa shape index (κ1) is 22.4. The lowest BCUT2D eigenvalue weighted by atomic mass is 10.4. The van der Waals surface area contributed by atoms with Gasteiger partial charge in [-0.25, -0.2) is 4.98 Å². The summed E-state index contributed by atoms with van der Waals surface area (Å²) in [6.45, 7) is 6.45. The van der Waals surface area contributed by atoms with Gasteiger partial charge in [-0.05, 0) is 26.0 Å². The van der Waals surface area contributed by atoms with Gasteiger partial charge in [-0.15, -0.1) is 35.3 Å². The number of hydrogen-bond donors (Lipinski definition) is 2. The number of hydrogen-bond acceptors (Lipinski definition) is 4. The van der Waals surface area contributed by atoms with Gasteiger partial charge < -0.3 is 20.1 Å². The first-order valence-electron chi connectivity index (χ1n) is 8.30. The molecule has 0 fully saturated rings. The Bertz CT molecular complexity index is 726. The third-order valence-electron chi connectivity index (χ3n) is 3.76. The summed E-state index contributed by atoms with van der Waals surface area (Å²) in [6, 6.07) is 4.13. The summed E-state index contributed by atoms with van der Waals surface area (Å²) in [6.07, 6.45) is 2.03. The van der Waals surface area contributed by atoms with Gasteiger partial charge in [0.1, 0.15) is 4.88 Å². The van der Waals surface area contributed by atoms with Crippen LogP contribution >= 0.6 is 35.3 Å². The number of carbonyl (C=O) groups excluding carboxylic acids is 1. The molecular weight excluding hydrogens is 463 g/mol. The summed E-state index contributed by atoms with van der Waals surface area (Å²) in [5.74, 6) is 0.740. The van der Waals surface area contributed by atoms with Crippen molar-refractivity contribution in [2.24, 2.45) is 12.0 Å². The second kappa shape index (κ2) is 11.2. The Kier molecular flexibility index (Phi) is 9.63. The van der Waals surface area contributed by atoms with E-state index < -0.39 is 0 Å². The number of thiazole rings is 1. The summed E-state index contributed by atoms with van der Waals surface area (Å²) in [4.78, 5) is 23.5. The van der Waals surface area contributed by atoms with Gasteiger partial charge in [-0.1, -0.05) is 0 Å². The van der Waals surface area contributed by atoms with Crippen molar-refractivity contribution in [1.82, 2.24) is 25.1 Å². The van der Waals surface area contributed by atoms with Gasteiger partial charge in [0.2, 0.25) is 0 Å². The lowest BCUT2D eigenvalue weighted by Gasteiger charge is -2.22. The van der Waals surface area contributed by atoms with Gasteiger partial charge in [-0.2, -0.15) is 0 Å². The molecule has 2 rings (SSSR count). The topological polar surface area (TPSA) is 74.5 Å². The van der Waals surface area contributed by atoms with Crippen molar-refractivity contribution < 1.29 is 4.79 Å². The van der Waals surface area contributed by atoms with Crippen LogP contribution in [0.25, 0.3) is 0 Å². The van der Waals surface area contributed by atoms with E-state index in [1.54, 1.807) is 5.51 Å². The molecule has 0 saturated carbocycles. The number of nitrogens with one attached hydrogen (secondary N) is 2. The Morgan fingerprint density at radius 1 is 1.42 bits per heavy atom. The fourth-order valence-electron chi connectivity index (χ4n) is 2.38. The molecule has 0 saturated heterocycles. The number of carbonyl (C=O) groups is 1. The predicted molar refractivity (Wildman–Crippen MR) is 117 cm³/mol. The summed E-state index contributed by atoms with van der Waals surface area (Å²) in [7, 11) is 4.04. The van der Waals surface area contributed by atoms with Crippen molar-refractivity contribution in [3.05, 3.63) is 40.1 Å². The molecule has 2 heterocycles. The average molecular weight is 490 g/mol. The Morgan fingerprint density at radius 2 is 2.19 bits per heavy atom. The lowest BCUT2D eigenvalue weighted by Crippen LogP contribution is -2.39.